The van der Waals surface area contributed by atoms with E-state index in [4.69, 9.17) is 10.8 Å². The Morgan fingerprint density at radius 2 is 2.21 bits per heavy atom. The minimum Gasteiger partial charge on any atom is -0.394 e. The van der Waals surface area contributed by atoms with Crippen LogP contribution in [0.1, 0.15) is 24.1 Å². The second-order valence-electron chi connectivity index (χ2n) is 3.52. The van der Waals surface area contributed by atoms with Crippen LogP contribution in [0.15, 0.2) is 24.3 Å². The topological polar surface area (TPSA) is 46.2 Å². The van der Waals surface area contributed by atoms with E-state index >= 15 is 0 Å². The molecule has 3 N–H and O–H groups in total. The Morgan fingerprint density at radius 3 is 2.79 bits per heavy atom. The van der Waals surface area contributed by atoms with Crippen molar-refractivity contribution in [1.29, 1.82) is 0 Å². The molecule has 0 amide bonds. The number of benzene rings is 1. The summed E-state index contributed by atoms with van der Waals surface area (Å²) in [5.41, 5.74) is 7.42. The van der Waals surface area contributed by atoms with Crippen LogP contribution >= 0.6 is 0 Å². The summed E-state index contributed by atoms with van der Waals surface area (Å²) in [5, 5.41) is 8.86. The predicted octanol–water partition coefficient (Wildman–Crippen LogP) is 1.58. The second-order valence-corrected chi connectivity index (χ2v) is 3.52. The number of hydrogen-bond donors (Lipinski definition) is 2. The quantitative estimate of drug-likeness (QED) is 0.769. The Labute approximate surface area is 83.6 Å². The zero-order valence-corrected chi connectivity index (χ0v) is 8.28. The van der Waals surface area contributed by atoms with Gasteiger partial charge in [0.05, 0.1) is 12.6 Å². The van der Waals surface area contributed by atoms with E-state index in [1.165, 1.54) is 6.92 Å². The molecule has 2 nitrogen and oxygen atoms in total. The van der Waals surface area contributed by atoms with Crippen LogP contribution in [0.25, 0.3) is 0 Å². The summed E-state index contributed by atoms with van der Waals surface area (Å²) >= 11 is 0. The average Bonchev–Trinajstić information content (AvgIpc) is 2.16. The van der Waals surface area contributed by atoms with Crippen LogP contribution in [0, 0.1) is 0 Å². The molecule has 0 aliphatic heterocycles. The largest absolute Gasteiger partial charge is 0.394 e. The number of halogens is 1. The molecule has 0 fully saturated rings. The highest BCUT2D eigenvalue weighted by Gasteiger charge is 2.06. The molecule has 78 valence electrons. The summed E-state index contributed by atoms with van der Waals surface area (Å²) < 4.78 is 12.7. The van der Waals surface area contributed by atoms with Crippen LogP contribution in [0.5, 0.6) is 0 Å². The van der Waals surface area contributed by atoms with Gasteiger partial charge in [-0.3, -0.25) is 0 Å². The molecule has 0 aliphatic carbocycles. The van der Waals surface area contributed by atoms with Crippen molar-refractivity contribution in [1.82, 2.24) is 0 Å². The van der Waals surface area contributed by atoms with Gasteiger partial charge in [-0.15, -0.1) is 0 Å². The van der Waals surface area contributed by atoms with E-state index in [2.05, 4.69) is 0 Å². The molecule has 2 unspecified atom stereocenters. The van der Waals surface area contributed by atoms with Crippen molar-refractivity contribution < 1.29 is 9.50 Å². The normalized spacial score (nSPS) is 15.1. The molecule has 3 heteroatoms. The van der Waals surface area contributed by atoms with Crippen LogP contribution < -0.4 is 5.73 Å². The molecule has 0 saturated heterocycles. The fourth-order valence-corrected chi connectivity index (χ4v) is 1.38. The summed E-state index contributed by atoms with van der Waals surface area (Å²) in [5.74, 6) is 0. The van der Waals surface area contributed by atoms with Gasteiger partial charge in [0.2, 0.25) is 0 Å². The van der Waals surface area contributed by atoms with E-state index in [1.807, 2.05) is 24.3 Å². The molecule has 0 aliphatic rings. The Bertz CT molecular complexity index is 288. The van der Waals surface area contributed by atoms with Gasteiger partial charge in [-0.25, -0.2) is 4.39 Å². The lowest BCUT2D eigenvalue weighted by Gasteiger charge is -2.10. The van der Waals surface area contributed by atoms with Gasteiger partial charge in [0, 0.05) is 6.42 Å². The van der Waals surface area contributed by atoms with Crippen molar-refractivity contribution in [2.24, 2.45) is 5.73 Å². The maximum atomic E-state index is 12.7. The Kier molecular flexibility index (Phi) is 4.04. The van der Waals surface area contributed by atoms with Gasteiger partial charge in [0.15, 0.2) is 0 Å². The first-order chi connectivity index (χ1) is 6.63. The molecular formula is C11H16FNO. The number of aliphatic hydroxyl groups is 1. The predicted molar refractivity (Wildman–Crippen MR) is 54.7 cm³/mol. The molecule has 0 aromatic heterocycles. The molecule has 2 atom stereocenters. The smallest absolute Gasteiger partial charge is 0.101 e. The zero-order chi connectivity index (χ0) is 10.6. The van der Waals surface area contributed by atoms with Crippen molar-refractivity contribution in [2.75, 3.05) is 6.61 Å². The maximum Gasteiger partial charge on any atom is 0.101 e. The molecule has 0 heterocycles. The highest BCUT2D eigenvalue weighted by molar-refractivity contribution is 5.26. The Morgan fingerprint density at radius 1 is 1.50 bits per heavy atom. The van der Waals surface area contributed by atoms with E-state index in [0.29, 0.717) is 6.42 Å². The number of hydrogen-bond acceptors (Lipinski definition) is 2. The van der Waals surface area contributed by atoms with Gasteiger partial charge >= 0.3 is 0 Å². The maximum absolute atomic E-state index is 12.7. The molecule has 14 heavy (non-hydrogen) atoms. The first-order valence-corrected chi connectivity index (χ1v) is 4.73. The lowest BCUT2D eigenvalue weighted by atomic mass is 10.0. The SMILES string of the molecule is CC(F)Cc1cccc(C(N)CO)c1. The van der Waals surface area contributed by atoms with Gasteiger partial charge in [-0.2, -0.15) is 0 Å². The summed E-state index contributed by atoms with van der Waals surface area (Å²) in [7, 11) is 0. The lowest BCUT2D eigenvalue weighted by Crippen LogP contribution is -2.14. The molecule has 1 aromatic carbocycles. The molecule has 1 rings (SSSR count). The minimum atomic E-state index is -0.851. The van der Waals surface area contributed by atoms with Crippen molar-refractivity contribution >= 4 is 0 Å². The fraction of sp³-hybridized carbons (Fsp3) is 0.455. The van der Waals surface area contributed by atoms with E-state index in [9.17, 15) is 4.39 Å². The van der Waals surface area contributed by atoms with Crippen LogP contribution in [0.2, 0.25) is 0 Å². The van der Waals surface area contributed by atoms with E-state index in [-0.39, 0.29) is 12.6 Å². The summed E-state index contributed by atoms with van der Waals surface area (Å²) in [6, 6.07) is 7.01. The number of nitrogens with two attached hydrogens (primary N) is 1. The molecule has 0 radical (unpaired) electrons. The number of aliphatic hydroxyl groups excluding tert-OH is 1. The van der Waals surface area contributed by atoms with Crippen LogP contribution in [-0.2, 0) is 6.42 Å². The summed E-state index contributed by atoms with van der Waals surface area (Å²) in [6.45, 7) is 1.44. The molecular weight excluding hydrogens is 181 g/mol. The van der Waals surface area contributed by atoms with Crippen LogP contribution in [0.3, 0.4) is 0 Å². The first-order valence-electron chi connectivity index (χ1n) is 4.73. The van der Waals surface area contributed by atoms with Crippen LogP contribution in [-0.4, -0.2) is 17.9 Å². The summed E-state index contributed by atoms with van der Waals surface area (Å²) in [4.78, 5) is 0. The van der Waals surface area contributed by atoms with E-state index in [0.717, 1.165) is 11.1 Å². The zero-order valence-electron chi connectivity index (χ0n) is 8.28. The molecule has 0 saturated carbocycles. The number of rotatable bonds is 4. The van der Waals surface area contributed by atoms with Crippen molar-refractivity contribution in [2.45, 2.75) is 25.6 Å². The summed E-state index contributed by atoms with van der Waals surface area (Å²) in [6.07, 6.45) is -0.456. The third-order valence-corrected chi connectivity index (χ3v) is 2.09. The Balaban J connectivity index is 2.78. The highest BCUT2D eigenvalue weighted by atomic mass is 19.1. The molecule has 0 bridgehead atoms. The first kappa shape index (κ1) is 11.1. The highest BCUT2D eigenvalue weighted by Crippen LogP contribution is 2.14. The van der Waals surface area contributed by atoms with Gasteiger partial charge < -0.3 is 10.8 Å². The minimum absolute atomic E-state index is 0.0887. The monoisotopic (exact) mass is 197 g/mol. The third-order valence-electron chi connectivity index (χ3n) is 2.09. The van der Waals surface area contributed by atoms with Gasteiger partial charge in [-0.05, 0) is 18.1 Å². The van der Waals surface area contributed by atoms with Crippen molar-refractivity contribution in [3.8, 4) is 0 Å². The van der Waals surface area contributed by atoms with Crippen molar-refractivity contribution in [3.63, 3.8) is 0 Å². The lowest BCUT2D eigenvalue weighted by molar-refractivity contribution is 0.268. The average molecular weight is 197 g/mol. The van der Waals surface area contributed by atoms with Crippen LogP contribution in [0.4, 0.5) is 4.39 Å². The molecule has 0 spiro atoms. The fourth-order valence-electron chi connectivity index (χ4n) is 1.38. The van der Waals surface area contributed by atoms with Gasteiger partial charge in [-0.1, -0.05) is 24.3 Å². The van der Waals surface area contributed by atoms with Gasteiger partial charge in [0.25, 0.3) is 0 Å². The van der Waals surface area contributed by atoms with Crippen molar-refractivity contribution in [3.05, 3.63) is 35.4 Å². The number of alkyl halides is 1. The van der Waals surface area contributed by atoms with Gasteiger partial charge in [0.1, 0.15) is 6.17 Å². The third kappa shape index (κ3) is 3.09. The van der Waals surface area contributed by atoms with E-state index in [1.54, 1.807) is 0 Å². The van der Waals surface area contributed by atoms with E-state index < -0.39 is 6.17 Å². The Hall–Kier alpha value is -0.930. The molecule has 1 aromatic rings. The standard InChI is InChI=1S/C11H16FNO/c1-8(12)5-9-3-2-4-10(6-9)11(13)7-14/h2-4,6,8,11,14H,5,7,13H2,1H3. The second kappa shape index (κ2) is 5.08.